The van der Waals surface area contributed by atoms with E-state index in [2.05, 4.69) is 19.9 Å². The van der Waals surface area contributed by atoms with Gasteiger partial charge in [-0.3, -0.25) is 0 Å². The van der Waals surface area contributed by atoms with E-state index in [4.69, 9.17) is 8.95 Å². The van der Waals surface area contributed by atoms with E-state index >= 15 is 0 Å². The van der Waals surface area contributed by atoms with Crippen LogP contribution in [0.3, 0.4) is 0 Å². The fourth-order valence-corrected chi connectivity index (χ4v) is 2.39. The first kappa shape index (κ1) is 17.7. The molecule has 9 heteroatoms. The van der Waals surface area contributed by atoms with Gasteiger partial charge in [0, 0.05) is 11.1 Å². The number of alkyl halides is 3. The van der Waals surface area contributed by atoms with Crippen molar-refractivity contribution in [3.8, 4) is 0 Å². The number of nitrogens with zero attached hydrogens (tertiary/aromatic N) is 2. The summed E-state index contributed by atoms with van der Waals surface area (Å²) >= 11 is 0. The molecule has 0 aromatic heterocycles. The lowest BCUT2D eigenvalue weighted by molar-refractivity contribution is -0.137. The third kappa shape index (κ3) is 5.81. The van der Waals surface area contributed by atoms with Crippen molar-refractivity contribution < 1.29 is 36.5 Å². The zero-order valence-electron chi connectivity index (χ0n) is 18.5. The Morgan fingerprint density at radius 1 is 1.14 bits per heavy atom. The van der Waals surface area contributed by atoms with Crippen LogP contribution in [0, 0.1) is 0 Å². The number of benzene rings is 2. The van der Waals surface area contributed by atoms with Crippen molar-refractivity contribution in [2.75, 3.05) is 14.1 Å². The molecule has 2 aromatic carbocycles. The normalized spacial score (nSPS) is 14.4. The van der Waals surface area contributed by atoms with Crippen LogP contribution in [0.25, 0.3) is 0 Å². The van der Waals surface area contributed by atoms with Crippen LogP contribution in [0.5, 0.6) is 0 Å². The quantitative estimate of drug-likeness (QED) is 0.390. The number of carbonyl (C=O) groups excluding carboxylic acids is 1. The largest absolute Gasteiger partial charge is 0.464 e. The first-order chi connectivity index (χ1) is 14.9. The Labute approximate surface area is 169 Å². The number of hydrogen-bond donors (Lipinski definition) is 0. The average molecular weight is 411 g/mol. The summed E-state index contributed by atoms with van der Waals surface area (Å²) in [5, 5.41) is 7.39. The molecule has 6 nitrogen and oxygen atoms in total. The van der Waals surface area contributed by atoms with E-state index in [1.807, 2.05) is 0 Å². The summed E-state index contributed by atoms with van der Waals surface area (Å²) in [5.41, 5.74) is -0.247. The molecule has 154 valence electrons. The second-order valence-electron chi connectivity index (χ2n) is 5.70. The molecule has 0 aliphatic heterocycles. The molecule has 0 fully saturated rings. The van der Waals surface area contributed by atoms with Crippen molar-refractivity contribution >= 4 is 17.4 Å². The lowest BCUT2D eigenvalue weighted by Crippen LogP contribution is -2.19. The molecule has 0 aliphatic carbocycles. The Kier molecular flexibility index (Phi) is 5.94. The summed E-state index contributed by atoms with van der Waals surface area (Å²) in [7, 11) is -1.81. The minimum Gasteiger partial charge on any atom is -0.464 e. The lowest BCUT2D eigenvalue weighted by Gasteiger charge is -2.10. The topological polar surface area (TPSA) is 69.5 Å². The van der Waals surface area contributed by atoms with Crippen molar-refractivity contribution in [1.29, 1.82) is 0 Å². The molecular weight excluding hydrogens is 389 g/mol. The van der Waals surface area contributed by atoms with Crippen molar-refractivity contribution in [2.45, 2.75) is 19.7 Å². The molecule has 0 unspecified atom stereocenters. The summed E-state index contributed by atoms with van der Waals surface area (Å²) in [5.74, 6) is -1.23. The molecule has 0 saturated carbocycles. The lowest BCUT2D eigenvalue weighted by atomic mass is 10.0. The molecular formula is C20H19F3N2O4. The van der Waals surface area contributed by atoms with Crippen LogP contribution in [0.2, 0.25) is 0 Å². The molecule has 2 rings (SSSR count). The smallest absolute Gasteiger partial charge is 0.416 e. The molecule has 0 aliphatic rings. The number of rotatable bonds is 7. The Hall–Kier alpha value is -3.36. The minimum atomic E-state index is -4.49. The number of esters is 1. The van der Waals surface area contributed by atoms with Gasteiger partial charge in [-0.1, -0.05) is 46.7 Å². The second-order valence-corrected chi connectivity index (χ2v) is 5.70. The predicted molar refractivity (Wildman–Crippen MR) is 100 cm³/mol. The van der Waals surface area contributed by atoms with E-state index in [1.165, 1.54) is 32.2 Å². The van der Waals surface area contributed by atoms with Gasteiger partial charge in [-0.15, -0.1) is 0 Å². The molecule has 29 heavy (non-hydrogen) atoms. The van der Waals surface area contributed by atoms with Crippen LogP contribution in [0.15, 0.2) is 58.8 Å². The molecule has 0 spiro atoms. The third-order valence-electron chi connectivity index (χ3n) is 3.77. The number of hydrogen-bond acceptors (Lipinski definition) is 6. The molecule has 0 radical (unpaired) electrons. The van der Waals surface area contributed by atoms with E-state index in [0.717, 1.165) is 12.1 Å². The fourth-order valence-electron chi connectivity index (χ4n) is 2.39. The third-order valence-corrected chi connectivity index (χ3v) is 3.77. The van der Waals surface area contributed by atoms with Crippen LogP contribution in [0.1, 0.15) is 33.3 Å². The number of carbonyl (C=O) groups is 1. The zero-order valence-corrected chi connectivity index (χ0v) is 15.5. The summed E-state index contributed by atoms with van der Waals surface area (Å²) in [6.07, 6.45) is -4.49. The molecule has 0 N–H and O–H groups in total. The van der Waals surface area contributed by atoms with Gasteiger partial charge >= 0.3 is 12.1 Å². The second kappa shape index (κ2) is 9.72. The molecule has 0 amide bonds. The summed E-state index contributed by atoms with van der Waals surface area (Å²) < 4.78 is 64.3. The maximum Gasteiger partial charge on any atom is 0.416 e. The van der Waals surface area contributed by atoms with Crippen LogP contribution in [-0.2, 0) is 32.0 Å². The Morgan fingerprint density at radius 2 is 1.90 bits per heavy atom. The Morgan fingerprint density at radius 3 is 2.59 bits per heavy atom. The molecule has 2 aromatic rings. The number of ether oxygens (including phenoxy) is 1. The van der Waals surface area contributed by atoms with Gasteiger partial charge in [0.15, 0.2) is 5.71 Å². The van der Waals surface area contributed by atoms with E-state index < -0.39 is 30.5 Å². The Balaban J connectivity index is 2.23. The van der Waals surface area contributed by atoms with Gasteiger partial charge in [0.2, 0.25) is 0 Å². The number of methoxy groups -OCH3 is 1. The van der Waals surface area contributed by atoms with Crippen molar-refractivity contribution in [3.63, 3.8) is 0 Å². The predicted octanol–water partition coefficient (Wildman–Crippen LogP) is 4.17. The van der Waals surface area contributed by atoms with Crippen molar-refractivity contribution in [2.24, 2.45) is 10.3 Å². The van der Waals surface area contributed by atoms with Crippen LogP contribution in [0.4, 0.5) is 13.2 Å². The fraction of sp³-hybridized carbons (Fsp3) is 0.250. The van der Waals surface area contributed by atoms with E-state index in [0.29, 0.717) is 5.56 Å². The van der Waals surface area contributed by atoms with Gasteiger partial charge < -0.3 is 14.4 Å². The van der Waals surface area contributed by atoms with Gasteiger partial charge in [-0.25, -0.2) is 4.79 Å². The molecule has 0 bridgehead atoms. The summed E-state index contributed by atoms with van der Waals surface area (Å²) in [6, 6.07) is 10.9. The average Bonchev–Trinajstić information content (AvgIpc) is 2.70. The van der Waals surface area contributed by atoms with Gasteiger partial charge in [-0.05, 0) is 24.6 Å². The van der Waals surface area contributed by atoms with Gasteiger partial charge in [-0.2, -0.15) is 13.2 Å². The highest BCUT2D eigenvalue weighted by Crippen LogP contribution is 2.29. The van der Waals surface area contributed by atoms with Gasteiger partial charge in [0.25, 0.3) is 0 Å². The van der Waals surface area contributed by atoms with Crippen molar-refractivity contribution in [3.05, 3.63) is 70.8 Å². The van der Waals surface area contributed by atoms with Crippen molar-refractivity contribution in [1.82, 2.24) is 0 Å². The monoisotopic (exact) mass is 411 g/mol. The first-order valence-corrected chi connectivity index (χ1v) is 8.19. The highest BCUT2D eigenvalue weighted by atomic mass is 19.4. The minimum absolute atomic E-state index is 0.176. The summed E-state index contributed by atoms with van der Waals surface area (Å²) in [4.78, 5) is 22.1. The highest BCUT2D eigenvalue weighted by molar-refractivity contribution is 6.43. The maximum absolute atomic E-state index is 12.9. The molecule has 0 atom stereocenters. The van der Waals surface area contributed by atoms with Gasteiger partial charge in [0.1, 0.15) is 13.7 Å². The Bertz CT molecular complexity index is 1020. The van der Waals surface area contributed by atoms with E-state index in [9.17, 15) is 18.0 Å². The number of halogens is 3. The van der Waals surface area contributed by atoms with Crippen LogP contribution >= 0.6 is 0 Å². The van der Waals surface area contributed by atoms with Crippen LogP contribution < -0.4 is 0 Å². The summed E-state index contributed by atoms with van der Waals surface area (Å²) in [6.45, 7) is 1.28. The first-order valence-electron chi connectivity index (χ1n) is 9.69. The van der Waals surface area contributed by atoms with E-state index in [1.54, 1.807) is 18.2 Å². The zero-order chi connectivity index (χ0) is 23.9. The molecule has 0 heterocycles. The highest BCUT2D eigenvalue weighted by Gasteiger charge is 2.30. The van der Waals surface area contributed by atoms with Crippen LogP contribution in [-0.4, -0.2) is 31.5 Å². The number of oxime groups is 2. The van der Waals surface area contributed by atoms with Gasteiger partial charge in [0.05, 0.1) is 22.4 Å². The maximum atomic E-state index is 12.9. The molecule has 0 saturated heterocycles. The van der Waals surface area contributed by atoms with E-state index in [-0.39, 0.29) is 23.4 Å². The SMILES string of the molecule is [2H]C([2H])([2H])OC(=O)/C(=N/OC)c1ccccc1CO/N=C(\C)c1cccc(C(F)(F)F)c1. The standard InChI is InChI=1S/C20H19F3N2O4/c1-13(14-8-6-9-16(11-14)20(21,22)23)24-29-12-15-7-4-5-10-17(15)18(25-28-3)19(26)27-2/h4-11H,12H2,1-3H3/b24-13+,25-18+/i2D3.